The van der Waals surface area contributed by atoms with Crippen LogP contribution in [-0.2, 0) is 6.54 Å². The van der Waals surface area contributed by atoms with Gasteiger partial charge in [-0.05, 0) is 31.9 Å². The lowest BCUT2D eigenvalue weighted by Gasteiger charge is -2.09. The van der Waals surface area contributed by atoms with Gasteiger partial charge in [0.05, 0.1) is 31.1 Å². The highest BCUT2D eigenvalue weighted by Gasteiger charge is 2.24. The van der Waals surface area contributed by atoms with Gasteiger partial charge in [-0.25, -0.2) is 14.6 Å². The van der Waals surface area contributed by atoms with Gasteiger partial charge in [0.2, 0.25) is 5.95 Å². The Balaban J connectivity index is 1.49. The second kappa shape index (κ2) is 6.59. The molecule has 2 N–H and O–H groups in total. The summed E-state index contributed by atoms with van der Waals surface area (Å²) < 4.78 is 9.46. The second-order valence-corrected chi connectivity index (χ2v) is 6.84. The molecule has 0 radical (unpaired) electrons. The normalized spacial score (nSPS) is 13.9. The molecule has 3 aromatic heterocycles. The highest BCUT2D eigenvalue weighted by molar-refractivity contribution is 5.95. The molecule has 4 aromatic rings. The molecule has 1 fully saturated rings. The molecule has 1 aromatic carbocycles. The molecule has 28 heavy (non-hydrogen) atoms. The molecule has 3 heterocycles. The number of aromatic nitrogens is 7. The summed E-state index contributed by atoms with van der Waals surface area (Å²) in [5.41, 5.74) is 8.84. The van der Waals surface area contributed by atoms with E-state index in [1.165, 1.54) is 12.8 Å². The van der Waals surface area contributed by atoms with Gasteiger partial charge in [-0.15, -0.1) is 5.10 Å². The first-order valence-corrected chi connectivity index (χ1v) is 9.35. The molecule has 0 aliphatic heterocycles. The van der Waals surface area contributed by atoms with Crippen molar-refractivity contribution < 1.29 is 4.74 Å². The highest BCUT2D eigenvalue weighted by Crippen LogP contribution is 2.34. The van der Waals surface area contributed by atoms with Gasteiger partial charge in [0, 0.05) is 11.6 Å². The Morgan fingerprint density at radius 2 is 2.11 bits per heavy atom. The Labute approximate surface area is 161 Å². The molecule has 0 unspecified atom stereocenters. The van der Waals surface area contributed by atoms with Crippen molar-refractivity contribution in [1.82, 2.24) is 34.7 Å². The first kappa shape index (κ1) is 16.7. The van der Waals surface area contributed by atoms with E-state index in [4.69, 9.17) is 10.5 Å². The minimum Gasteiger partial charge on any atom is -0.492 e. The van der Waals surface area contributed by atoms with E-state index in [1.54, 1.807) is 4.68 Å². The first-order valence-electron chi connectivity index (χ1n) is 9.35. The van der Waals surface area contributed by atoms with Crippen molar-refractivity contribution in [2.45, 2.75) is 32.4 Å². The van der Waals surface area contributed by atoms with Crippen LogP contribution in [0.3, 0.4) is 0 Å². The number of hydrogen-bond acceptors (Lipinski definition) is 7. The maximum atomic E-state index is 5.95. The lowest BCUT2D eigenvalue weighted by atomic mass is 10.1. The Hall–Kier alpha value is -3.49. The summed E-state index contributed by atoms with van der Waals surface area (Å²) in [4.78, 5) is 8.76. The molecule has 9 heteroatoms. The predicted octanol–water partition coefficient (Wildman–Crippen LogP) is 2.45. The number of anilines is 1. The van der Waals surface area contributed by atoms with Crippen LogP contribution in [0.15, 0.2) is 36.7 Å². The van der Waals surface area contributed by atoms with E-state index in [1.807, 2.05) is 48.3 Å². The monoisotopic (exact) mass is 376 g/mol. The number of nitrogens with zero attached hydrogens (tertiary/aromatic N) is 7. The van der Waals surface area contributed by atoms with Gasteiger partial charge < -0.3 is 10.5 Å². The molecule has 0 bridgehead atoms. The van der Waals surface area contributed by atoms with Crippen LogP contribution in [0.25, 0.3) is 22.3 Å². The third kappa shape index (κ3) is 3.04. The maximum Gasteiger partial charge on any atom is 0.221 e. The number of ether oxygens (including phenoxy) is 1. The van der Waals surface area contributed by atoms with Crippen LogP contribution in [0, 0.1) is 0 Å². The molecular weight excluding hydrogens is 356 g/mol. The molecule has 5 rings (SSSR count). The van der Waals surface area contributed by atoms with E-state index in [0.717, 1.165) is 11.1 Å². The number of nitrogen functional groups attached to an aromatic ring is 1. The number of nitrogens with two attached hydrogens (primary N) is 1. The fourth-order valence-electron chi connectivity index (χ4n) is 3.26. The summed E-state index contributed by atoms with van der Waals surface area (Å²) in [7, 11) is 0. The average Bonchev–Trinajstić information content (AvgIpc) is 3.26. The molecular formula is C19H20N8O. The zero-order chi connectivity index (χ0) is 19.1. The van der Waals surface area contributed by atoms with Gasteiger partial charge in [-0.3, -0.25) is 4.68 Å². The third-order valence-corrected chi connectivity index (χ3v) is 4.70. The zero-order valence-electron chi connectivity index (χ0n) is 15.5. The number of hydrogen-bond donors (Lipinski definition) is 1. The molecule has 9 nitrogen and oxygen atoms in total. The van der Waals surface area contributed by atoms with Gasteiger partial charge in [0.15, 0.2) is 0 Å². The minimum absolute atomic E-state index is 0.173. The van der Waals surface area contributed by atoms with Gasteiger partial charge in [-0.1, -0.05) is 17.3 Å². The smallest absolute Gasteiger partial charge is 0.221 e. The van der Waals surface area contributed by atoms with Crippen molar-refractivity contribution in [2.24, 2.45) is 0 Å². The molecule has 0 atom stereocenters. The summed E-state index contributed by atoms with van der Waals surface area (Å²) in [6.07, 6.45) is 6.30. The SMILES string of the molecule is CCOc1cccc2c(-c3cn(Cc4ccn(C5CC5)n4)nn3)nc(N)nc12. The van der Waals surface area contributed by atoms with Gasteiger partial charge in [0.25, 0.3) is 0 Å². The van der Waals surface area contributed by atoms with Crippen LogP contribution in [0.5, 0.6) is 5.75 Å². The van der Waals surface area contributed by atoms with Crippen molar-refractivity contribution in [3.05, 3.63) is 42.4 Å². The van der Waals surface area contributed by atoms with Crippen LogP contribution < -0.4 is 10.5 Å². The summed E-state index contributed by atoms with van der Waals surface area (Å²) in [5.74, 6) is 0.848. The van der Waals surface area contributed by atoms with E-state index >= 15 is 0 Å². The van der Waals surface area contributed by atoms with E-state index in [-0.39, 0.29) is 5.95 Å². The van der Waals surface area contributed by atoms with Crippen molar-refractivity contribution in [3.8, 4) is 17.1 Å². The fraction of sp³-hybridized carbons (Fsp3) is 0.316. The number of fused-ring (bicyclic) bond motifs is 1. The average molecular weight is 376 g/mol. The first-order chi connectivity index (χ1) is 13.7. The fourth-order valence-corrected chi connectivity index (χ4v) is 3.26. The lowest BCUT2D eigenvalue weighted by Crippen LogP contribution is -2.03. The topological polar surface area (TPSA) is 110 Å². The van der Waals surface area contributed by atoms with Crippen molar-refractivity contribution in [3.63, 3.8) is 0 Å². The number of para-hydroxylation sites is 1. The van der Waals surface area contributed by atoms with Crippen LogP contribution in [0.1, 0.15) is 31.5 Å². The summed E-state index contributed by atoms with van der Waals surface area (Å²) in [5, 5.41) is 14.0. The Morgan fingerprint density at radius 3 is 2.93 bits per heavy atom. The Kier molecular flexibility index (Phi) is 3.92. The zero-order valence-corrected chi connectivity index (χ0v) is 15.5. The second-order valence-electron chi connectivity index (χ2n) is 6.84. The predicted molar refractivity (Wildman–Crippen MR) is 104 cm³/mol. The summed E-state index contributed by atoms with van der Waals surface area (Å²) in [6, 6.07) is 8.30. The van der Waals surface area contributed by atoms with Crippen LogP contribution >= 0.6 is 0 Å². The van der Waals surface area contributed by atoms with Crippen LogP contribution in [0.4, 0.5) is 5.95 Å². The molecule has 1 saturated carbocycles. The third-order valence-electron chi connectivity index (χ3n) is 4.70. The van der Waals surface area contributed by atoms with Crippen LogP contribution in [0.2, 0.25) is 0 Å². The number of rotatable bonds is 6. The summed E-state index contributed by atoms with van der Waals surface area (Å²) >= 11 is 0. The van der Waals surface area contributed by atoms with Gasteiger partial charge >= 0.3 is 0 Å². The van der Waals surface area contributed by atoms with E-state index in [0.29, 0.717) is 41.8 Å². The van der Waals surface area contributed by atoms with E-state index in [9.17, 15) is 0 Å². The highest BCUT2D eigenvalue weighted by atomic mass is 16.5. The summed E-state index contributed by atoms with van der Waals surface area (Å²) in [6.45, 7) is 3.03. The Bertz CT molecular complexity index is 1140. The van der Waals surface area contributed by atoms with Crippen LogP contribution in [-0.4, -0.2) is 41.3 Å². The van der Waals surface area contributed by atoms with Gasteiger partial charge in [-0.2, -0.15) is 5.10 Å². The van der Waals surface area contributed by atoms with Crippen molar-refractivity contribution >= 4 is 16.9 Å². The lowest BCUT2D eigenvalue weighted by molar-refractivity contribution is 0.343. The van der Waals surface area contributed by atoms with Gasteiger partial charge in [0.1, 0.15) is 22.7 Å². The minimum atomic E-state index is 0.173. The standard InChI is InChI=1S/C19H20N8O/c1-2-28-16-5-3-4-14-17(21-19(20)22-18(14)16)15-11-26(25-23-15)10-12-8-9-27(24-12)13-6-7-13/h3-5,8-9,11,13H,2,6-7,10H2,1H3,(H2,20,21,22). The Morgan fingerprint density at radius 1 is 1.21 bits per heavy atom. The van der Waals surface area contributed by atoms with E-state index in [2.05, 4.69) is 25.4 Å². The molecule has 0 amide bonds. The largest absolute Gasteiger partial charge is 0.492 e. The molecule has 1 aliphatic carbocycles. The molecule has 1 aliphatic rings. The number of benzene rings is 1. The molecule has 0 saturated heterocycles. The molecule has 0 spiro atoms. The molecule has 142 valence electrons. The van der Waals surface area contributed by atoms with Crippen molar-refractivity contribution in [1.29, 1.82) is 0 Å². The maximum absolute atomic E-state index is 5.95. The quantitative estimate of drug-likeness (QED) is 0.550. The van der Waals surface area contributed by atoms with Crippen molar-refractivity contribution in [2.75, 3.05) is 12.3 Å². The van der Waals surface area contributed by atoms with E-state index < -0.39 is 0 Å².